The van der Waals surface area contributed by atoms with Gasteiger partial charge in [0.05, 0.1) is 51.7 Å². The maximum Gasteiger partial charge on any atom is 0.416 e. The molecule has 3 heterocycles. The number of hydrogen-bond acceptors (Lipinski definition) is 5. The quantitative estimate of drug-likeness (QED) is 0.339. The number of anilines is 2. The Kier molecular flexibility index (Phi) is 5.20. The van der Waals surface area contributed by atoms with Crippen LogP contribution in [0.5, 0.6) is 0 Å². The molecule has 38 heavy (non-hydrogen) atoms. The van der Waals surface area contributed by atoms with Gasteiger partial charge in [-0.2, -0.15) is 23.4 Å². The van der Waals surface area contributed by atoms with Gasteiger partial charge in [-0.25, -0.2) is 9.37 Å². The minimum Gasteiger partial charge on any atom is -0.383 e. The van der Waals surface area contributed by atoms with Gasteiger partial charge in [-0.1, -0.05) is 6.07 Å². The first kappa shape index (κ1) is 23.9. The van der Waals surface area contributed by atoms with E-state index in [1.165, 1.54) is 27.9 Å². The molecule has 0 unspecified atom stereocenters. The molecule has 3 aromatic heterocycles. The Labute approximate surface area is 213 Å². The molecule has 6 rings (SSSR count). The van der Waals surface area contributed by atoms with Crippen LogP contribution in [0.4, 0.5) is 29.1 Å². The zero-order valence-corrected chi connectivity index (χ0v) is 20.3. The maximum atomic E-state index is 15.5. The van der Waals surface area contributed by atoms with Crippen molar-refractivity contribution in [2.24, 2.45) is 14.1 Å². The number of rotatable bonds is 3. The molecule has 1 aliphatic rings. The number of halogens is 4. The summed E-state index contributed by atoms with van der Waals surface area (Å²) in [5.74, 6) is -1.26. The van der Waals surface area contributed by atoms with Crippen molar-refractivity contribution in [3.63, 3.8) is 0 Å². The molecule has 194 valence electrons. The minimum absolute atomic E-state index is 0.192. The zero-order chi connectivity index (χ0) is 26.9. The molecule has 1 aliphatic carbocycles. The first-order valence-electron chi connectivity index (χ1n) is 11.8. The second kappa shape index (κ2) is 8.27. The number of fused-ring (bicyclic) bond motifs is 4. The summed E-state index contributed by atoms with van der Waals surface area (Å²) in [7, 11) is 3.38. The predicted molar refractivity (Wildman–Crippen MR) is 133 cm³/mol. The standard InChI is InChI=1S/C26H21F4N7O/c1-35-12-15(10-32-35)37(22-6-3-13-7-14(26(28,29)30)4-5-16(13)22)25(38)17-8-18-21(9-20(17)27)34-24(31)19-11-33-36(2)23(18)19/h4-5,7-12,22H,3,6H2,1-2H3,(H2,31,34)/t22-/m1/s1. The number of aromatic nitrogens is 5. The van der Waals surface area contributed by atoms with E-state index in [1.807, 2.05) is 0 Å². The molecule has 1 atom stereocenters. The van der Waals surface area contributed by atoms with Crippen LogP contribution in [-0.4, -0.2) is 30.5 Å². The van der Waals surface area contributed by atoms with Gasteiger partial charge >= 0.3 is 6.18 Å². The molecule has 2 N–H and O–H groups in total. The molecule has 2 aromatic carbocycles. The van der Waals surface area contributed by atoms with E-state index >= 15 is 4.39 Å². The van der Waals surface area contributed by atoms with Gasteiger partial charge in [-0.3, -0.25) is 19.1 Å². The fourth-order valence-electron chi connectivity index (χ4n) is 5.28. The molecule has 0 fully saturated rings. The van der Waals surface area contributed by atoms with Gasteiger partial charge in [0.15, 0.2) is 0 Å². The van der Waals surface area contributed by atoms with E-state index < -0.39 is 29.5 Å². The minimum atomic E-state index is -4.48. The van der Waals surface area contributed by atoms with E-state index in [2.05, 4.69) is 15.2 Å². The predicted octanol–water partition coefficient (Wildman–Crippen LogP) is 4.93. The van der Waals surface area contributed by atoms with Crippen molar-refractivity contribution in [1.82, 2.24) is 24.5 Å². The highest BCUT2D eigenvalue weighted by molar-refractivity contribution is 6.13. The van der Waals surface area contributed by atoms with Crippen molar-refractivity contribution in [2.45, 2.75) is 25.1 Å². The summed E-state index contributed by atoms with van der Waals surface area (Å²) < 4.78 is 58.5. The van der Waals surface area contributed by atoms with Gasteiger partial charge in [0, 0.05) is 31.7 Å². The molecule has 8 nitrogen and oxygen atoms in total. The Morgan fingerprint density at radius 1 is 1.11 bits per heavy atom. The summed E-state index contributed by atoms with van der Waals surface area (Å²) in [4.78, 5) is 19.7. The number of nitrogen functional groups attached to an aromatic ring is 1. The van der Waals surface area contributed by atoms with Crippen LogP contribution in [0.2, 0.25) is 0 Å². The van der Waals surface area contributed by atoms with Crippen molar-refractivity contribution < 1.29 is 22.4 Å². The Balaban J connectivity index is 1.50. The van der Waals surface area contributed by atoms with Crippen LogP contribution < -0.4 is 10.6 Å². The highest BCUT2D eigenvalue weighted by Crippen LogP contribution is 2.42. The van der Waals surface area contributed by atoms with Crippen LogP contribution >= 0.6 is 0 Å². The van der Waals surface area contributed by atoms with Crippen LogP contribution in [-0.2, 0) is 26.7 Å². The lowest BCUT2D eigenvalue weighted by Crippen LogP contribution is -2.34. The highest BCUT2D eigenvalue weighted by atomic mass is 19.4. The third-order valence-electron chi connectivity index (χ3n) is 7.04. The zero-order valence-electron chi connectivity index (χ0n) is 20.3. The van der Waals surface area contributed by atoms with E-state index in [-0.39, 0.29) is 16.9 Å². The Hall–Kier alpha value is -4.48. The summed E-state index contributed by atoms with van der Waals surface area (Å²) in [6, 6.07) is 5.50. The molecule has 0 bridgehead atoms. The molecule has 1 amide bonds. The number of nitrogens with zero attached hydrogens (tertiary/aromatic N) is 6. The smallest absolute Gasteiger partial charge is 0.383 e. The van der Waals surface area contributed by atoms with Crippen molar-refractivity contribution in [3.8, 4) is 0 Å². The van der Waals surface area contributed by atoms with Gasteiger partial charge < -0.3 is 5.73 Å². The molecule has 0 radical (unpaired) electrons. The first-order chi connectivity index (χ1) is 18.0. The second-order valence-electron chi connectivity index (χ2n) is 9.39. The molecular formula is C26H21F4N7O. The summed E-state index contributed by atoms with van der Waals surface area (Å²) in [6.45, 7) is 0. The van der Waals surface area contributed by atoms with E-state index in [0.29, 0.717) is 45.9 Å². The molecule has 5 aromatic rings. The summed E-state index contributed by atoms with van der Waals surface area (Å²) in [5, 5.41) is 9.44. The number of alkyl halides is 3. The van der Waals surface area contributed by atoms with Crippen LogP contribution in [0.25, 0.3) is 21.8 Å². The van der Waals surface area contributed by atoms with Gasteiger partial charge in [0.1, 0.15) is 11.6 Å². The number of carbonyl (C=O) groups is 1. The monoisotopic (exact) mass is 523 g/mol. The molecular weight excluding hydrogens is 502 g/mol. The lowest BCUT2D eigenvalue weighted by atomic mass is 10.0. The Bertz CT molecular complexity index is 1750. The highest BCUT2D eigenvalue weighted by Gasteiger charge is 2.37. The number of aryl methyl sites for hydroxylation is 3. The third kappa shape index (κ3) is 3.66. The van der Waals surface area contributed by atoms with Crippen LogP contribution in [0.3, 0.4) is 0 Å². The summed E-state index contributed by atoms with van der Waals surface area (Å²) >= 11 is 0. The van der Waals surface area contributed by atoms with Crippen LogP contribution in [0.15, 0.2) is 48.9 Å². The third-order valence-corrected chi connectivity index (χ3v) is 7.04. The van der Waals surface area contributed by atoms with E-state index in [0.717, 1.165) is 18.2 Å². The van der Waals surface area contributed by atoms with Gasteiger partial charge in [-0.05, 0) is 42.2 Å². The number of pyridine rings is 1. The van der Waals surface area contributed by atoms with Gasteiger partial charge in [0.25, 0.3) is 5.91 Å². The van der Waals surface area contributed by atoms with Crippen molar-refractivity contribution in [3.05, 3.63) is 77.0 Å². The topological polar surface area (TPSA) is 94.9 Å². The fraction of sp³-hybridized carbons (Fsp3) is 0.231. The van der Waals surface area contributed by atoms with E-state index in [4.69, 9.17) is 5.73 Å². The summed E-state index contributed by atoms with van der Waals surface area (Å²) in [6.07, 6.45) is 0.869. The second-order valence-corrected chi connectivity index (χ2v) is 9.39. The largest absolute Gasteiger partial charge is 0.416 e. The van der Waals surface area contributed by atoms with Crippen LogP contribution in [0.1, 0.15) is 39.5 Å². The lowest BCUT2D eigenvalue weighted by molar-refractivity contribution is -0.137. The van der Waals surface area contributed by atoms with Crippen molar-refractivity contribution in [1.29, 1.82) is 0 Å². The number of carbonyl (C=O) groups excluding carboxylic acids is 1. The average molecular weight is 523 g/mol. The van der Waals surface area contributed by atoms with Gasteiger partial charge in [-0.15, -0.1) is 0 Å². The molecule has 0 saturated carbocycles. The van der Waals surface area contributed by atoms with E-state index in [1.54, 1.807) is 31.2 Å². The Morgan fingerprint density at radius 3 is 2.61 bits per heavy atom. The van der Waals surface area contributed by atoms with Gasteiger partial charge in [0.2, 0.25) is 0 Å². The SMILES string of the molecule is Cn1cc(N(C(=O)c2cc3c(cc2F)nc(N)c2cnn(C)c23)[C@@H]2CCc3cc(C(F)(F)F)ccc32)cn1. The first-order valence-corrected chi connectivity index (χ1v) is 11.8. The Morgan fingerprint density at radius 2 is 1.89 bits per heavy atom. The van der Waals surface area contributed by atoms with Crippen LogP contribution in [0, 0.1) is 5.82 Å². The normalized spacial score (nSPS) is 15.4. The number of benzene rings is 2. The lowest BCUT2D eigenvalue weighted by Gasteiger charge is -2.29. The fourth-order valence-corrected chi connectivity index (χ4v) is 5.28. The molecule has 0 aliphatic heterocycles. The maximum absolute atomic E-state index is 15.5. The molecule has 0 spiro atoms. The number of nitrogens with two attached hydrogens (primary N) is 1. The summed E-state index contributed by atoms with van der Waals surface area (Å²) in [5.41, 5.74) is 7.43. The number of hydrogen-bond donors (Lipinski definition) is 1. The number of amides is 1. The van der Waals surface area contributed by atoms with E-state index in [9.17, 15) is 18.0 Å². The van der Waals surface area contributed by atoms with Crippen molar-refractivity contribution >= 4 is 39.2 Å². The molecule has 12 heteroatoms. The molecule has 0 saturated heterocycles. The average Bonchev–Trinajstić information content (AvgIpc) is 3.58. The van der Waals surface area contributed by atoms with Crippen molar-refractivity contribution in [2.75, 3.05) is 10.6 Å².